The molecule has 1 atom stereocenters. The zero-order valence-electron chi connectivity index (χ0n) is 14.0. The van der Waals surface area contributed by atoms with Crippen molar-refractivity contribution in [3.8, 4) is 0 Å². The topological polar surface area (TPSA) is 89.9 Å². The first-order valence-corrected chi connectivity index (χ1v) is 9.31. The van der Waals surface area contributed by atoms with Gasteiger partial charge >= 0.3 is 0 Å². The highest BCUT2D eigenvalue weighted by atomic mass is 32.1. The smallest absolute Gasteiger partial charge is 0.266 e. The molecule has 128 valence electrons. The van der Waals surface area contributed by atoms with Gasteiger partial charge in [-0.15, -0.1) is 0 Å². The predicted molar refractivity (Wildman–Crippen MR) is 91.8 cm³/mol. The molecule has 1 fully saturated rings. The third kappa shape index (κ3) is 2.79. The number of hydrogen-bond donors (Lipinski definition) is 1. The van der Waals surface area contributed by atoms with Crippen molar-refractivity contribution in [2.45, 2.75) is 51.6 Å². The minimum absolute atomic E-state index is 0.00271. The number of hydrogen-bond acceptors (Lipinski definition) is 6. The van der Waals surface area contributed by atoms with Gasteiger partial charge in [-0.05, 0) is 25.2 Å². The molecule has 2 aromatic heterocycles. The fourth-order valence-electron chi connectivity index (χ4n) is 3.25. The maximum Gasteiger partial charge on any atom is 0.266 e. The van der Waals surface area contributed by atoms with Crippen molar-refractivity contribution in [2.24, 2.45) is 5.92 Å². The van der Waals surface area contributed by atoms with Crippen molar-refractivity contribution in [1.29, 1.82) is 0 Å². The average molecular weight is 346 g/mol. The van der Waals surface area contributed by atoms with E-state index in [9.17, 15) is 4.79 Å². The van der Waals surface area contributed by atoms with Crippen molar-refractivity contribution in [2.75, 3.05) is 12.3 Å². The summed E-state index contributed by atoms with van der Waals surface area (Å²) >= 11 is 1.24. The summed E-state index contributed by atoms with van der Waals surface area (Å²) < 4.78 is 2.01. The van der Waals surface area contributed by atoms with Gasteiger partial charge in [0.05, 0.1) is 18.8 Å². The highest BCUT2D eigenvalue weighted by Crippen LogP contribution is 2.40. The quantitative estimate of drug-likeness (QED) is 0.918. The number of nitrogens with zero attached hydrogens (tertiary/aromatic N) is 5. The number of anilines is 1. The first-order chi connectivity index (χ1) is 11.5. The maximum atomic E-state index is 13.0. The lowest BCUT2D eigenvalue weighted by molar-refractivity contribution is 0.0583. The molecule has 1 saturated carbocycles. The third-order valence-electron chi connectivity index (χ3n) is 4.58. The maximum absolute atomic E-state index is 13.0. The number of aromatic nitrogens is 4. The summed E-state index contributed by atoms with van der Waals surface area (Å²) in [6.07, 6.45) is 4.81. The summed E-state index contributed by atoms with van der Waals surface area (Å²) in [5.41, 5.74) is 5.69. The van der Waals surface area contributed by atoms with Crippen molar-refractivity contribution in [1.82, 2.24) is 24.6 Å². The highest BCUT2D eigenvalue weighted by molar-refractivity contribution is 7.17. The number of nitrogens with two attached hydrogens (primary N) is 1. The van der Waals surface area contributed by atoms with E-state index in [0.29, 0.717) is 34.9 Å². The molecule has 1 aliphatic heterocycles. The van der Waals surface area contributed by atoms with Gasteiger partial charge in [0.1, 0.15) is 10.7 Å². The lowest BCUT2D eigenvalue weighted by Crippen LogP contribution is -2.43. The van der Waals surface area contributed by atoms with Gasteiger partial charge < -0.3 is 10.6 Å². The molecule has 0 saturated heterocycles. The molecule has 1 amide bonds. The van der Waals surface area contributed by atoms with Gasteiger partial charge in [0, 0.05) is 12.5 Å². The summed E-state index contributed by atoms with van der Waals surface area (Å²) in [5.74, 6) is 2.87. The second kappa shape index (κ2) is 5.84. The molecule has 0 bridgehead atoms. The van der Waals surface area contributed by atoms with E-state index in [4.69, 9.17) is 10.7 Å². The third-order valence-corrected chi connectivity index (χ3v) is 5.39. The fourth-order valence-corrected chi connectivity index (χ4v) is 3.89. The summed E-state index contributed by atoms with van der Waals surface area (Å²) in [4.78, 5) is 24.3. The van der Waals surface area contributed by atoms with Crippen LogP contribution in [0, 0.1) is 5.92 Å². The van der Waals surface area contributed by atoms with Gasteiger partial charge in [-0.25, -0.2) is 14.6 Å². The Kier molecular flexibility index (Phi) is 3.79. The van der Waals surface area contributed by atoms with Crippen molar-refractivity contribution in [3.63, 3.8) is 0 Å². The standard InChI is InChI=1S/C16H22N6OS/c1-9(2)7-11-14-19-13(10-3-4-10)20-22(14)6-5-21(11)15(23)12-8-18-16(17)24-12/h8-11H,3-7H2,1-2H3,(H2,17,18)/t11-/m0/s1. The molecule has 0 aromatic carbocycles. The van der Waals surface area contributed by atoms with Crippen LogP contribution in [0.4, 0.5) is 5.13 Å². The molecule has 1 aliphatic carbocycles. The van der Waals surface area contributed by atoms with Crippen LogP contribution in [0.15, 0.2) is 6.20 Å². The van der Waals surface area contributed by atoms with Crippen molar-refractivity contribution >= 4 is 22.4 Å². The van der Waals surface area contributed by atoms with E-state index in [0.717, 1.165) is 18.1 Å². The molecule has 0 unspecified atom stereocenters. The minimum atomic E-state index is -0.0328. The second-order valence-corrected chi connectivity index (χ2v) is 8.09. The monoisotopic (exact) mass is 346 g/mol. The van der Waals surface area contributed by atoms with E-state index in [-0.39, 0.29) is 11.9 Å². The van der Waals surface area contributed by atoms with Gasteiger partial charge in [0.15, 0.2) is 11.0 Å². The number of carbonyl (C=O) groups excluding carboxylic acids is 1. The van der Waals surface area contributed by atoms with Crippen LogP contribution in [0.25, 0.3) is 0 Å². The number of fused-ring (bicyclic) bond motifs is 1. The fraction of sp³-hybridized carbons (Fsp3) is 0.625. The van der Waals surface area contributed by atoms with E-state index >= 15 is 0 Å². The summed E-state index contributed by atoms with van der Waals surface area (Å²) in [5, 5.41) is 5.10. The van der Waals surface area contributed by atoms with Crippen LogP contribution in [0.2, 0.25) is 0 Å². The predicted octanol–water partition coefficient (Wildman–Crippen LogP) is 2.44. The number of thiazole rings is 1. The molecular formula is C16H22N6OS. The first kappa shape index (κ1) is 15.6. The number of nitrogen functional groups attached to an aromatic ring is 1. The van der Waals surface area contributed by atoms with Crippen LogP contribution >= 0.6 is 11.3 Å². The zero-order valence-corrected chi connectivity index (χ0v) is 14.8. The van der Waals surface area contributed by atoms with E-state index in [2.05, 4.69) is 23.9 Å². The molecule has 2 N–H and O–H groups in total. The Morgan fingerprint density at radius 3 is 2.83 bits per heavy atom. The van der Waals surface area contributed by atoms with Gasteiger partial charge in [-0.1, -0.05) is 25.2 Å². The zero-order chi connectivity index (χ0) is 16.8. The Morgan fingerprint density at radius 1 is 1.42 bits per heavy atom. The largest absolute Gasteiger partial charge is 0.375 e. The molecule has 2 aliphatic rings. The van der Waals surface area contributed by atoms with Crippen molar-refractivity contribution < 1.29 is 4.79 Å². The van der Waals surface area contributed by atoms with Gasteiger partial charge in [-0.3, -0.25) is 4.79 Å². The highest BCUT2D eigenvalue weighted by Gasteiger charge is 2.37. The average Bonchev–Trinajstić information content (AvgIpc) is 3.15. The minimum Gasteiger partial charge on any atom is -0.375 e. The van der Waals surface area contributed by atoms with Gasteiger partial charge in [0.25, 0.3) is 5.91 Å². The molecular weight excluding hydrogens is 324 g/mol. The number of amides is 1. The SMILES string of the molecule is CC(C)C[C@H]1c2nc(C3CC3)nn2CCN1C(=O)c1cnc(N)s1. The van der Waals surface area contributed by atoms with Crippen LogP contribution in [0.3, 0.4) is 0 Å². The molecule has 2 aromatic rings. The Morgan fingerprint density at radius 2 is 2.21 bits per heavy atom. The first-order valence-electron chi connectivity index (χ1n) is 8.50. The lowest BCUT2D eigenvalue weighted by atomic mass is 10.00. The van der Waals surface area contributed by atoms with Crippen LogP contribution in [-0.4, -0.2) is 37.1 Å². The van der Waals surface area contributed by atoms with E-state index in [1.807, 2.05) is 9.58 Å². The molecule has 0 radical (unpaired) electrons. The van der Waals surface area contributed by atoms with Crippen LogP contribution < -0.4 is 5.73 Å². The normalized spacial score (nSPS) is 20.5. The van der Waals surface area contributed by atoms with Crippen LogP contribution in [-0.2, 0) is 6.54 Å². The Labute approximate surface area is 144 Å². The van der Waals surface area contributed by atoms with Gasteiger partial charge in [-0.2, -0.15) is 5.10 Å². The Balaban J connectivity index is 1.66. The molecule has 4 rings (SSSR count). The summed E-state index contributed by atoms with van der Waals surface area (Å²) in [6.45, 7) is 5.69. The van der Waals surface area contributed by atoms with Gasteiger partial charge in [0.2, 0.25) is 0 Å². The van der Waals surface area contributed by atoms with E-state index < -0.39 is 0 Å². The molecule has 3 heterocycles. The van der Waals surface area contributed by atoms with Crippen LogP contribution in [0.5, 0.6) is 0 Å². The second-order valence-electron chi connectivity index (χ2n) is 7.03. The molecule has 0 spiro atoms. The Hall–Kier alpha value is -1.96. The Bertz CT molecular complexity index is 762. The van der Waals surface area contributed by atoms with Crippen molar-refractivity contribution in [3.05, 3.63) is 22.7 Å². The summed E-state index contributed by atoms with van der Waals surface area (Å²) in [7, 11) is 0. The molecule has 24 heavy (non-hydrogen) atoms. The van der Waals surface area contributed by atoms with Crippen LogP contribution in [0.1, 0.15) is 66.4 Å². The molecule has 8 heteroatoms. The summed E-state index contributed by atoms with van der Waals surface area (Å²) in [6, 6.07) is -0.0328. The molecule has 7 nitrogen and oxygen atoms in total. The number of carbonyl (C=O) groups is 1. The van der Waals surface area contributed by atoms with E-state index in [1.165, 1.54) is 24.2 Å². The van der Waals surface area contributed by atoms with E-state index in [1.54, 1.807) is 6.20 Å². The number of rotatable bonds is 4. The lowest BCUT2D eigenvalue weighted by Gasteiger charge is -2.35.